The average Bonchev–Trinajstić information content (AvgIpc) is 2.91. The Balaban J connectivity index is 1.83. The quantitative estimate of drug-likeness (QED) is 0.765. The summed E-state index contributed by atoms with van der Waals surface area (Å²) in [6.45, 7) is 8.69. The predicted octanol–water partition coefficient (Wildman–Crippen LogP) is 2.87. The highest BCUT2D eigenvalue weighted by Crippen LogP contribution is 2.47. The maximum atomic E-state index is 11.3. The second kappa shape index (κ2) is 5.87. The Kier molecular flexibility index (Phi) is 4.04. The third kappa shape index (κ3) is 2.69. The zero-order chi connectivity index (χ0) is 16.6. The van der Waals surface area contributed by atoms with E-state index in [4.69, 9.17) is 4.84 Å². The van der Waals surface area contributed by atoms with Crippen LogP contribution in [0.3, 0.4) is 0 Å². The number of aliphatic carboxylic acids is 1. The second-order valence-electron chi connectivity index (χ2n) is 6.89. The van der Waals surface area contributed by atoms with E-state index in [2.05, 4.69) is 36.3 Å². The van der Waals surface area contributed by atoms with Crippen LogP contribution in [0.15, 0.2) is 41.2 Å². The highest BCUT2D eigenvalue weighted by atomic mass is 16.7. The van der Waals surface area contributed by atoms with Crippen LogP contribution in [0.4, 0.5) is 0 Å². The van der Waals surface area contributed by atoms with E-state index in [0.29, 0.717) is 24.2 Å². The number of hydrogen-bond acceptors (Lipinski definition) is 4. The lowest BCUT2D eigenvalue weighted by Gasteiger charge is -2.41. The van der Waals surface area contributed by atoms with Crippen molar-refractivity contribution in [3.8, 4) is 0 Å². The lowest BCUT2D eigenvalue weighted by Crippen LogP contribution is -2.39. The number of carboxylic acid groups (broad SMARTS) is 1. The largest absolute Gasteiger partial charge is 0.478 e. The van der Waals surface area contributed by atoms with Crippen LogP contribution in [0.1, 0.15) is 33.1 Å². The van der Waals surface area contributed by atoms with Crippen molar-refractivity contribution in [3.05, 3.63) is 36.1 Å². The summed E-state index contributed by atoms with van der Waals surface area (Å²) in [6.07, 6.45) is 8.91. The van der Waals surface area contributed by atoms with Gasteiger partial charge in [-0.2, -0.15) is 0 Å². The molecule has 1 aliphatic carbocycles. The topological polar surface area (TPSA) is 70.9 Å². The molecule has 0 aromatic rings. The standard InChI is InChI=1S/C18H24N2O3/c1-4-11(2)16-13(12-6-5-7-19-10-12)8-14(16)15-9-18(3,17(21)22)23-20-15/h4,8,10-11,13,16,19H,1,5-7,9H2,2-3H3,(H,21,22)/t11-,13+,16?,18?/m0/s1. The van der Waals surface area contributed by atoms with Gasteiger partial charge in [0.05, 0.1) is 5.71 Å². The van der Waals surface area contributed by atoms with Gasteiger partial charge in [-0.15, -0.1) is 6.58 Å². The maximum Gasteiger partial charge on any atom is 0.351 e. The van der Waals surface area contributed by atoms with Crippen molar-refractivity contribution in [1.29, 1.82) is 0 Å². The molecule has 2 N–H and O–H groups in total. The van der Waals surface area contributed by atoms with E-state index in [1.165, 1.54) is 5.57 Å². The molecule has 0 amide bonds. The number of hydrogen-bond donors (Lipinski definition) is 2. The fraction of sp³-hybridized carbons (Fsp3) is 0.556. The van der Waals surface area contributed by atoms with E-state index >= 15 is 0 Å². The van der Waals surface area contributed by atoms with Gasteiger partial charge in [-0.1, -0.05) is 24.2 Å². The van der Waals surface area contributed by atoms with E-state index in [0.717, 1.165) is 30.7 Å². The van der Waals surface area contributed by atoms with Crippen molar-refractivity contribution in [1.82, 2.24) is 5.32 Å². The Morgan fingerprint density at radius 3 is 3.00 bits per heavy atom. The number of carboxylic acids is 1. The van der Waals surface area contributed by atoms with Gasteiger partial charge < -0.3 is 15.3 Å². The van der Waals surface area contributed by atoms with Gasteiger partial charge in [-0.05, 0) is 43.0 Å². The molecule has 3 aliphatic rings. The van der Waals surface area contributed by atoms with Crippen LogP contribution in [0, 0.1) is 17.8 Å². The molecule has 0 bridgehead atoms. The smallest absolute Gasteiger partial charge is 0.351 e. The Morgan fingerprint density at radius 2 is 2.43 bits per heavy atom. The molecule has 3 rings (SSSR count). The van der Waals surface area contributed by atoms with E-state index < -0.39 is 11.6 Å². The summed E-state index contributed by atoms with van der Waals surface area (Å²) in [5.41, 5.74) is 2.07. The van der Waals surface area contributed by atoms with Gasteiger partial charge in [0.15, 0.2) is 0 Å². The number of carbonyl (C=O) groups is 1. The summed E-state index contributed by atoms with van der Waals surface area (Å²) in [5.74, 6) is 0.0183. The number of oxime groups is 1. The maximum absolute atomic E-state index is 11.3. The SMILES string of the molecule is C=C[C@H](C)C1C(C2=NOC(C)(C(=O)O)C2)=C[C@@H]1C1=CNCCC1. The first-order valence-electron chi connectivity index (χ1n) is 8.21. The van der Waals surface area contributed by atoms with Crippen molar-refractivity contribution >= 4 is 11.7 Å². The monoisotopic (exact) mass is 316 g/mol. The molecular weight excluding hydrogens is 292 g/mol. The van der Waals surface area contributed by atoms with Crippen LogP contribution in [0.2, 0.25) is 0 Å². The number of nitrogens with zero attached hydrogens (tertiary/aromatic N) is 1. The zero-order valence-corrected chi connectivity index (χ0v) is 13.7. The molecule has 0 spiro atoms. The van der Waals surface area contributed by atoms with Crippen molar-refractivity contribution in [2.75, 3.05) is 6.54 Å². The minimum absolute atomic E-state index is 0.303. The molecule has 0 saturated heterocycles. The Labute approximate surface area is 136 Å². The molecule has 0 fully saturated rings. The molecule has 2 unspecified atom stereocenters. The summed E-state index contributed by atoms with van der Waals surface area (Å²) >= 11 is 0. The molecular formula is C18H24N2O3. The van der Waals surface area contributed by atoms with Crippen LogP contribution in [-0.2, 0) is 9.63 Å². The van der Waals surface area contributed by atoms with Gasteiger partial charge in [-0.25, -0.2) is 4.79 Å². The van der Waals surface area contributed by atoms with Gasteiger partial charge in [0, 0.05) is 24.8 Å². The Bertz CT molecular complexity index is 620. The zero-order valence-electron chi connectivity index (χ0n) is 13.7. The highest BCUT2D eigenvalue weighted by molar-refractivity contribution is 6.05. The predicted molar refractivity (Wildman–Crippen MR) is 88.9 cm³/mol. The molecule has 124 valence electrons. The Hall–Kier alpha value is -2.04. The molecule has 5 nitrogen and oxygen atoms in total. The molecule has 0 aromatic carbocycles. The van der Waals surface area contributed by atoms with Gasteiger partial charge in [0.25, 0.3) is 0 Å². The van der Waals surface area contributed by atoms with Crippen molar-refractivity contribution in [2.45, 2.75) is 38.7 Å². The van der Waals surface area contributed by atoms with E-state index in [1.807, 2.05) is 6.08 Å². The number of nitrogens with one attached hydrogen (secondary N) is 1. The van der Waals surface area contributed by atoms with Crippen LogP contribution in [0.25, 0.3) is 0 Å². The van der Waals surface area contributed by atoms with Crippen molar-refractivity contribution < 1.29 is 14.7 Å². The first kappa shape index (κ1) is 15.8. The minimum Gasteiger partial charge on any atom is -0.478 e. The average molecular weight is 316 g/mol. The molecule has 2 heterocycles. The highest BCUT2D eigenvalue weighted by Gasteiger charge is 2.47. The van der Waals surface area contributed by atoms with Gasteiger partial charge in [-0.3, -0.25) is 0 Å². The molecule has 5 heteroatoms. The van der Waals surface area contributed by atoms with Crippen LogP contribution in [-0.4, -0.2) is 28.9 Å². The molecule has 4 atom stereocenters. The third-order valence-electron chi connectivity index (χ3n) is 5.19. The Morgan fingerprint density at radius 1 is 1.65 bits per heavy atom. The number of allylic oxidation sites excluding steroid dienone is 4. The van der Waals surface area contributed by atoms with E-state index in [1.54, 1.807) is 6.92 Å². The van der Waals surface area contributed by atoms with Crippen LogP contribution < -0.4 is 5.32 Å². The fourth-order valence-electron chi connectivity index (χ4n) is 3.61. The first-order chi connectivity index (χ1) is 11.0. The molecule has 0 radical (unpaired) electrons. The lowest BCUT2D eigenvalue weighted by molar-refractivity contribution is -0.160. The van der Waals surface area contributed by atoms with Crippen LogP contribution in [0.5, 0.6) is 0 Å². The molecule has 0 saturated carbocycles. The lowest BCUT2D eigenvalue weighted by atomic mass is 9.62. The normalized spacial score (nSPS) is 34.1. The summed E-state index contributed by atoms with van der Waals surface area (Å²) in [6, 6.07) is 0. The molecule has 2 aliphatic heterocycles. The van der Waals surface area contributed by atoms with Gasteiger partial charge in [0.1, 0.15) is 0 Å². The summed E-state index contributed by atoms with van der Waals surface area (Å²) in [5, 5.41) is 16.7. The van der Waals surface area contributed by atoms with E-state index in [9.17, 15) is 9.90 Å². The minimum atomic E-state index is -1.24. The summed E-state index contributed by atoms with van der Waals surface area (Å²) in [7, 11) is 0. The third-order valence-corrected chi connectivity index (χ3v) is 5.19. The number of rotatable bonds is 5. The van der Waals surface area contributed by atoms with E-state index in [-0.39, 0.29) is 0 Å². The van der Waals surface area contributed by atoms with Gasteiger partial charge in [0.2, 0.25) is 5.60 Å². The fourth-order valence-corrected chi connectivity index (χ4v) is 3.61. The summed E-state index contributed by atoms with van der Waals surface area (Å²) in [4.78, 5) is 16.5. The van der Waals surface area contributed by atoms with Crippen molar-refractivity contribution in [3.63, 3.8) is 0 Å². The van der Waals surface area contributed by atoms with Crippen molar-refractivity contribution in [2.24, 2.45) is 22.9 Å². The second-order valence-corrected chi connectivity index (χ2v) is 6.89. The molecule has 0 aromatic heterocycles. The first-order valence-corrected chi connectivity index (χ1v) is 8.21. The van der Waals surface area contributed by atoms with Gasteiger partial charge >= 0.3 is 5.97 Å². The molecule has 23 heavy (non-hydrogen) atoms. The van der Waals surface area contributed by atoms with Crippen LogP contribution >= 0.6 is 0 Å². The summed E-state index contributed by atoms with van der Waals surface area (Å²) < 4.78 is 0.